The molecule has 0 aliphatic rings. The standard InChI is InChI=1S/C18H24N4O3/c1-6-11(2)19-18-20-12(3)9-15(22-18)17(23)21-14-8-7-13(24-4)10-16(14)25-5/h7-11H,6H2,1-5H3,(H,21,23)(H,19,20,22). The Hall–Kier alpha value is -2.83. The van der Waals surface area contributed by atoms with Crippen LogP contribution in [0.5, 0.6) is 11.5 Å². The molecular formula is C18H24N4O3. The van der Waals surface area contributed by atoms with E-state index in [-0.39, 0.29) is 17.6 Å². The number of aryl methyl sites for hydroxylation is 1. The molecule has 134 valence electrons. The third-order valence-corrected chi connectivity index (χ3v) is 3.73. The van der Waals surface area contributed by atoms with Crippen LogP contribution in [0.2, 0.25) is 0 Å². The maximum atomic E-state index is 12.6. The molecule has 0 aliphatic carbocycles. The number of hydrogen-bond acceptors (Lipinski definition) is 6. The van der Waals surface area contributed by atoms with Crippen LogP contribution in [-0.4, -0.2) is 36.1 Å². The molecular weight excluding hydrogens is 320 g/mol. The van der Waals surface area contributed by atoms with E-state index in [2.05, 4.69) is 27.5 Å². The van der Waals surface area contributed by atoms with Crippen molar-refractivity contribution in [3.05, 3.63) is 35.7 Å². The first-order valence-corrected chi connectivity index (χ1v) is 8.12. The van der Waals surface area contributed by atoms with Gasteiger partial charge in [0.15, 0.2) is 0 Å². The molecule has 2 rings (SSSR count). The minimum atomic E-state index is -0.332. The molecule has 0 bridgehead atoms. The second kappa shape index (κ2) is 8.32. The second-order valence-electron chi connectivity index (χ2n) is 5.69. The number of carbonyl (C=O) groups excluding carboxylic acids is 1. The van der Waals surface area contributed by atoms with Gasteiger partial charge in [-0.2, -0.15) is 0 Å². The molecule has 1 atom stereocenters. The number of anilines is 2. The number of ether oxygens (including phenoxy) is 2. The number of aromatic nitrogens is 2. The predicted molar refractivity (Wildman–Crippen MR) is 97.6 cm³/mol. The molecule has 1 aromatic carbocycles. The normalized spacial score (nSPS) is 11.6. The SMILES string of the molecule is CCC(C)Nc1nc(C)cc(C(=O)Nc2ccc(OC)cc2OC)n1. The van der Waals surface area contributed by atoms with E-state index in [0.29, 0.717) is 28.8 Å². The lowest BCUT2D eigenvalue weighted by molar-refractivity contribution is 0.102. The van der Waals surface area contributed by atoms with Crippen LogP contribution in [0, 0.1) is 6.92 Å². The van der Waals surface area contributed by atoms with E-state index in [1.807, 2.05) is 13.8 Å². The molecule has 7 heteroatoms. The lowest BCUT2D eigenvalue weighted by atomic mass is 10.2. The van der Waals surface area contributed by atoms with Crippen LogP contribution >= 0.6 is 0 Å². The van der Waals surface area contributed by atoms with Gasteiger partial charge in [-0.15, -0.1) is 0 Å². The fraction of sp³-hybridized carbons (Fsp3) is 0.389. The van der Waals surface area contributed by atoms with Crippen LogP contribution in [0.1, 0.15) is 36.5 Å². The summed E-state index contributed by atoms with van der Waals surface area (Å²) in [5.74, 6) is 1.27. The van der Waals surface area contributed by atoms with Crippen molar-refractivity contribution in [3.63, 3.8) is 0 Å². The van der Waals surface area contributed by atoms with Crippen LogP contribution in [0.25, 0.3) is 0 Å². The average molecular weight is 344 g/mol. The minimum absolute atomic E-state index is 0.222. The van der Waals surface area contributed by atoms with Gasteiger partial charge in [-0.3, -0.25) is 4.79 Å². The van der Waals surface area contributed by atoms with Crippen molar-refractivity contribution < 1.29 is 14.3 Å². The van der Waals surface area contributed by atoms with Crippen molar-refractivity contribution in [2.45, 2.75) is 33.2 Å². The van der Waals surface area contributed by atoms with Crippen LogP contribution in [0.3, 0.4) is 0 Å². The number of methoxy groups -OCH3 is 2. The molecule has 0 spiro atoms. The Labute approximate surface area is 147 Å². The summed E-state index contributed by atoms with van der Waals surface area (Å²) in [7, 11) is 3.11. The highest BCUT2D eigenvalue weighted by Crippen LogP contribution is 2.29. The van der Waals surface area contributed by atoms with Gasteiger partial charge in [-0.05, 0) is 38.5 Å². The molecule has 0 saturated carbocycles. The van der Waals surface area contributed by atoms with Gasteiger partial charge in [0.25, 0.3) is 5.91 Å². The zero-order valence-corrected chi connectivity index (χ0v) is 15.2. The second-order valence-corrected chi connectivity index (χ2v) is 5.69. The summed E-state index contributed by atoms with van der Waals surface area (Å²) in [6.45, 7) is 5.93. The summed E-state index contributed by atoms with van der Waals surface area (Å²) < 4.78 is 10.5. The van der Waals surface area contributed by atoms with Crippen molar-refractivity contribution >= 4 is 17.5 Å². The van der Waals surface area contributed by atoms with Crippen molar-refractivity contribution in [2.24, 2.45) is 0 Å². The number of nitrogens with zero attached hydrogens (tertiary/aromatic N) is 2. The first-order chi connectivity index (χ1) is 12.0. The topological polar surface area (TPSA) is 85.4 Å². The summed E-state index contributed by atoms with van der Waals surface area (Å²) in [5, 5.41) is 6.00. The number of nitrogens with one attached hydrogen (secondary N) is 2. The molecule has 25 heavy (non-hydrogen) atoms. The van der Waals surface area contributed by atoms with Gasteiger partial charge in [0, 0.05) is 17.8 Å². The maximum absolute atomic E-state index is 12.6. The van der Waals surface area contributed by atoms with Gasteiger partial charge in [0.2, 0.25) is 5.95 Å². The molecule has 1 aromatic heterocycles. The van der Waals surface area contributed by atoms with E-state index in [4.69, 9.17) is 9.47 Å². The molecule has 2 N–H and O–H groups in total. The molecule has 1 amide bonds. The minimum Gasteiger partial charge on any atom is -0.497 e. The van der Waals surface area contributed by atoms with E-state index >= 15 is 0 Å². The number of rotatable bonds is 7. The maximum Gasteiger partial charge on any atom is 0.274 e. The van der Waals surface area contributed by atoms with Gasteiger partial charge >= 0.3 is 0 Å². The lowest BCUT2D eigenvalue weighted by Gasteiger charge is -2.14. The Bertz CT molecular complexity index is 749. The monoisotopic (exact) mass is 344 g/mol. The fourth-order valence-electron chi connectivity index (χ4n) is 2.16. The Morgan fingerprint density at radius 3 is 2.60 bits per heavy atom. The third-order valence-electron chi connectivity index (χ3n) is 3.73. The quantitative estimate of drug-likeness (QED) is 0.802. The number of carbonyl (C=O) groups is 1. The number of benzene rings is 1. The molecule has 0 saturated heterocycles. The van der Waals surface area contributed by atoms with Gasteiger partial charge in [-0.25, -0.2) is 9.97 Å². The fourth-order valence-corrected chi connectivity index (χ4v) is 2.16. The highest BCUT2D eigenvalue weighted by atomic mass is 16.5. The Morgan fingerprint density at radius 2 is 1.96 bits per heavy atom. The summed E-state index contributed by atoms with van der Waals surface area (Å²) in [6, 6.07) is 7.05. The van der Waals surface area contributed by atoms with Gasteiger partial charge in [0.1, 0.15) is 17.2 Å². The molecule has 0 fully saturated rings. The van der Waals surface area contributed by atoms with E-state index in [1.165, 1.54) is 7.11 Å². The van der Waals surface area contributed by atoms with Crippen molar-refractivity contribution in [1.82, 2.24) is 9.97 Å². The molecule has 2 aromatic rings. The molecule has 1 heterocycles. The van der Waals surface area contributed by atoms with Crippen LogP contribution in [0.15, 0.2) is 24.3 Å². The zero-order chi connectivity index (χ0) is 18.4. The number of amides is 1. The highest BCUT2D eigenvalue weighted by Gasteiger charge is 2.14. The smallest absolute Gasteiger partial charge is 0.274 e. The Balaban J connectivity index is 2.23. The Kier molecular flexibility index (Phi) is 6.16. The van der Waals surface area contributed by atoms with Crippen LogP contribution in [0.4, 0.5) is 11.6 Å². The summed E-state index contributed by atoms with van der Waals surface area (Å²) in [4.78, 5) is 21.2. The first kappa shape index (κ1) is 18.5. The van der Waals surface area contributed by atoms with E-state index in [0.717, 1.165) is 6.42 Å². The molecule has 0 radical (unpaired) electrons. The summed E-state index contributed by atoms with van der Waals surface area (Å²) >= 11 is 0. The van der Waals surface area contributed by atoms with E-state index < -0.39 is 0 Å². The zero-order valence-electron chi connectivity index (χ0n) is 15.2. The van der Waals surface area contributed by atoms with Gasteiger partial charge in [-0.1, -0.05) is 6.92 Å². The van der Waals surface area contributed by atoms with Crippen molar-refractivity contribution in [1.29, 1.82) is 0 Å². The molecule has 0 aliphatic heterocycles. The highest BCUT2D eigenvalue weighted by molar-refractivity contribution is 6.04. The van der Waals surface area contributed by atoms with Crippen molar-refractivity contribution in [2.75, 3.05) is 24.9 Å². The third kappa shape index (κ3) is 4.82. The van der Waals surface area contributed by atoms with Crippen LogP contribution in [-0.2, 0) is 0 Å². The first-order valence-electron chi connectivity index (χ1n) is 8.12. The molecule has 7 nitrogen and oxygen atoms in total. The summed E-state index contributed by atoms with van der Waals surface area (Å²) in [6.07, 6.45) is 0.932. The van der Waals surface area contributed by atoms with Gasteiger partial charge in [0.05, 0.1) is 19.9 Å². The van der Waals surface area contributed by atoms with E-state index in [1.54, 1.807) is 31.4 Å². The largest absolute Gasteiger partial charge is 0.497 e. The van der Waals surface area contributed by atoms with Crippen molar-refractivity contribution in [3.8, 4) is 11.5 Å². The Morgan fingerprint density at radius 1 is 1.20 bits per heavy atom. The average Bonchev–Trinajstić information content (AvgIpc) is 2.61. The summed E-state index contributed by atoms with van der Waals surface area (Å²) in [5.41, 5.74) is 1.55. The van der Waals surface area contributed by atoms with Crippen LogP contribution < -0.4 is 20.1 Å². The van der Waals surface area contributed by atoms with E-state index in [9.17, 15) is 4.79 Å². The molecule has 1 unspecified atom stereocenters. The van der Waals surface area contributed by atoms with Gasteiger partial charge < -0.3 is 20.1 Å². The lowest BCUT2D eigenvalue weighted by Crippen LogP contribution is -2.19. The number of hydrogen-bond donors (Lipinski definition) is 2. The predicted octanol–water partition coefficient (Wildman–Crippen LogP) is 3.26.